The lowest BCUT2D eigenvalue weighted by Crippen LogP contribution is -2.62. The van der Waals surface area contributed by atoms with Gasteiger partial charge < -0.3 is 83.7 Å². The van der Waals surface area contributed by atoms with Crippen molar-refractivity contribution in [1.82, 2.24) is 67.7 Å². The normalized spacial score (nSPS) is 17.1. The van der Waals surface area contributed by atoms with E-state index in [1.807, 2.05) is 72.7 Å². The number of ether oxygens (including phenoxy) is 2. The van der Waals surface area contributed by atoms with Crippen molar-refractivity contribution in [2.24, 2.45) is 28.3 Å². The van der Waals surface area contributed by atoms with Gasteiger partial charge in [-0.05, 0) is 135 Å². The Labute approximate surface area is 555 Å². The second-order valence-electron chi connectivity index (χ2n) is 27.2. The van der Waals surface area contributed by atoms with Crippen molar-refractivity contribution in [2.75, 3.05) is 26.2 Å². The summed E-state index contributed by atoms with van der Waals surface area (Å²) in [5.41, 5.74) is 12.2. The van der Waals surface area contributed by atoms with Crippen molar-refractivity contribution >= 4 is 75.9 Å². The predicted molar refractivity (Wildman–Crippen MR) is 357 cm³/mol. The van der Waals surface area contributed by atoms with Crippen molar-refractivity contribution in [3.05, 3.63) is 84.1 Å². The number of fused-ring (bicyclic) bond motifs is 1. The zero-order valence-corrected chi connectivity index (χ0v) is 56.7. The van der Waals surface area contributed by atoms with Crippen molar-refractivity contribution in [3.63, 3.8) is 0 Å². The highest BCUT2D eigenvalue weighted by Gasteiger charge is 2.40. The zero-order chi connectivity index (χ0) is 69.7. The molecule has 2 fully saturated rings. The SMILES string of the molecule is CCNC(=O)[C@@H]1CCCN1C(=O)[C@H](CCCN=C(N)N)NC(=O)[C@H](CC(C)C)NC(=O)[C@@H](CC(C)C)NC(=O)[C@H](Cc1ccc(OC(C)(C)C)cc1)NC(=O)[C@H](COC(C)(C)C)NC(=O)[C@H](Cc1c[nH]c2ccccc12)NC(=O)[C@H](Cc1cnc[nH]1)NC(=O)[C@@H]1CCC(=O)N1. The third-order valence-corrected chi connectivity index (χ3v) is 15.8. The van der Waals surface area contributed by atoms with E-state index in [0.29, 0.717) is 42.0 Å². The minimum atomic E-state index is -1.54. The number of hydrogen-bond donors (Lipinski definition) is 13. The molecule has 28 nitrogen and oxygen atoms in total. The molecule has 0 spiro atoms. The number of nitrogens with one attached hydrogen (secondary N) is 11. The minimum absolute atomic E-state index is 0.0698. The number of rotatable bonds is 34. The Morgan fingerprint density at radius 1 is 0.674 bits per heavy atom. The van der Waals surface area contributed by atoms with Crippen LogP contribution in [-0.2, 0) is 71.9 Å². The van der Waals surface area contributed by atoms with Crippen LogP contribution in [0.2, 0.25) is 0 Å². The molecule has 28 heteroatoms. The number of nitrogens with two attached hydrogens (primary N) is 2. The number of aromatic amines is 2. The van der Waals surface area contributed by atoms with Gasteiger partial charge in [0, 0.05) is 74.3 Å². The summed E-state index contributed by atoms with van der Waals surface area (Å²) in [5, 5.41) is 26.0. The van der Waals surface area contributed by atoms with Crippen molar-refractivity contribution in [2.45, 2.75) is 212 Å². The molecule has 2 aromatic heterocycles. The van der Waals surface area contributed by atoms with Crippen LogP contribution in [0.3, 0.4) is 0 Å². The lowest BCUT2D eigenvalue weighted by Gasteiger charge is -2.31. The van der Waals surface area contributed by atoms with Crippen LogP contribution in [0.25, 0.3) is 10.9 Å². The number of likely N-dealkylation sites (tertiary alicyclic amines) is 1. The number of amides is 10. The topological polar surface area (TPSA) is 410 Å². The van der Waals surface area contributed by atoms with Gasteiger partial charge >= 0.3 is 0 Å². The Hall–Kier alpha value is -9.08. The van der Waals surface area contributed by atoms with Crippen molar-refractivity contribution < 1.29 is 57.4 Å². The lowest BCUT2D eigenvalue weighted by atomic mass is 9.98. The number of imidazole rings is 1. The van der Waals surface area contributed by atoms with Crippen LogP contribution in [0.1, 0.15) is 144 Å². The van der Waals surface area contributed by atoms with Crippen molar-refractivity contribution in [3.8, 4) is 5.75 Å². The molecule has 6 rings (SSSR count). The van der Waals surface area contributed by atoms with E-state index in [0.717, 1.165) is 10.9 Å². The first-order chi connectivity index (χ1) is 44.9. The van der Waals surface area contributed by atoms with Crippen LogP contribution in [0.15, 0.2) is 72.2 Å². The third-order valence-electron chi connectivity index (χ3n) is 15.8. The molecule has 2 aromatic carbocycles. The fourth-order valence-electron chi connectivity index (χ4n) is 11.2. The molecule has 2 saturated heterocycles. The highest BCUT2D eigenvalue weighted by atomic mass is 16.5. The van der Waals surface area contributed by atoms with Crippen LogP contribution in [0.4, 0.5) is 0 Å². The Morgan fingerprint density at radius 3 is 1.80 bits per heavy atom. The van der Waals surface area contributed by atoms with E-state index in [1.54, 1.807) is 58.2 Å². The number of guanidine groups is 1. The molecular formula is C67H100N16O12. The summed E-state index contributed by atoms with van der Waals surface area (Å²) >= 11 is 0. The van der Waals surface area contributed by atoms with E-state index in [1.165, 1.54) is 17.4 Å². The van der Waals surface area contributed by atoms with Gasteiger partial charge in [0.05, 0.1) is 18.5 Å². The van der Waals surface area contributed by atoms with Gasteiger partial charge in [0.1, 0.15) is 65.7 Å². The molecule has 95 heavy (non-hydrogen) atoms. The van der Waals surface area contributed by atoms with Gasteiger partial charge in [0.15, 0.2) is 5.96 Å². The third kappa shape index (κ3) is 24.0. The molecule has 0 bridgehead atoms. The molecule has 9 atom stereocenters. The monoisotopic (exact) mass is 1320 g/mol. The van der Waals surface area contributed by atoms with E-state index in [-0.39, 0.29) is 100 Å². The summed E-state index contributed by atoms with van der Waals surface area (Å²) < 4.78 is 12.3. The number of likely N-dealkylation sites (N-methyl/N-ethyl adjacent to an activating group) is 1. The Balaban J connectivity index is 1.31. The van der Waals surface area contributed by atoms with Crippen LogP contribution in [0, 0.1) is 11.8 Å². The standard InChI is InChI=1S/C67H100N16O12/c1-12-71-63(92)54-20-16-28-83(54)64(93)47(19-15-27-72-65(68)69)76-57(86)48(29-38(2)3)77-58(87)49(30-39(4)5)78-59(88)50(31-40-21-23-43(24-22-40)95-67(9,10)11)79-62(91)53(36-94-66(6,7)8)82-60(89)51(32-41-34-73-45-18-14-13-17-44(41)45)80-61(90)52(33-42-35-70-37-74-42)81-56(85)46-25-26-55(84)75-46/h13-14,17-18,21-24,34-35,37-39,46-54,73H,12,15-16,19-20,25-33,36H2,1-11H3,(H,70,74)(H,71,92)(H,75,84)(H,76,86)(H,77,87)(H,78,88)(H,79,91)(H,80,90)(H,81,85)(H,82,89)(H4,68,69,72)/t46-,47-,48-,49+,50-,51-,52-,53-,54-/m0/s1. The maximum absolute atomic E-state index is 15.2. The molecule has 4 aromatic rings. The first-order valence-corrected chi connectivity index (χ1v) is 32.9. The molecule has 4 heterocycles. The molecule has 10 amide bonds. The van der Waals surface area contributed by atoms with E-state index in [9.17, 15) is 33.6 Å². The van der Waals surface area contributed by atoms with Gasteiger partial charge in [0.2, 0.25) is 59.1 Å². The zero-order valence-electron chi connectivity index (χ0n) is 56.7. The van der Waals surface area contributed by atoms with Gasteiger partial charge in [-0.1, -0.05) is 58.0 Å². The Bertz CT molecular complexity index is 3300. The molecule has 0 aliphatic carbocycles. The first kappa shape index (κ1) is 75.0. The molecule has 2 aliphatic heterocycles. The smallest absolute Gasteiger partial charge is 0.245 e. The maximum Gasteiger partial charge on any atom is 0.245 e. The Kier molecular flexibility index (Phi) is 27.5. The van der Waals surface area contributed by atoms with Crippen molar-refractivity contribution in [1.29, 1.82) is 0 Å². The van der Waals surface area contributed by atoms with Gasteiger partial charge in [-0.2, -0.15) is 0 Å². The molecule has 520 valence electrons. The van der Waals surface area contributed by atoms with Crippen LogP contribution >= 0.6 is 0 Å². The number of H-pyrrole nitrogens is 2. The first-order valence-electron chi connectivity index (χ1n) is 32.9. The molecule has 2 aliphatic rings. The van der Waals surface area contributed by atoms with Gasteiger partial charge in [-0.3, -0.25) is 52.9 Å². The molecule has 0 radical (unpaired) electrons. The quantitative estimate of drug-likeness (QED) is 0.0180. The molecule has 0 saturated carbocycles. The van der Waals surface area contributed by atoms with Crippen LogP contribution in [0.5, 0.6) is 5.75 Å². The van der Waals surface area contributed by atoms with Crippen LogP contribution in [-0.4, -0.2) is 177 Å². The molecule has 15 N–H and O–H groups in total. The second-order valence-corrected chi connectivity index (χ2v) is 27.2. The van der Waals surface area contributed by atoms with Gasteiger partial charge in [0.25, 0.3) is 0 Å². The number of benzene rings is 2. The number of nitrogens with zero attached hydrogens (tertiary/aromatic N) is 3. The fourth-order valence-corrected chi connectivity index (χ4v) is 11.2. The van der Waals surface area contributed by atoms with Gasteiger partial charge in [-0.15, -0.1) is 0 Å². The number of aromatic nitrogens is 3. The number of para-hydroxylation sites is 1. The van der Waals surface area contributed by atoms with Gasteiger partial charge in [-0.25, -0.2) is 4.98 Å². The second kappa shape index (κ2) is 34.9. The molecule has 0 unspecified atom stereocenters. The average molecular weight is 1320 g/mol. The number of carbonyl (C=O) groups is 10. The average Bonchev–Trinajstić information content (AvgIpc) is 1.80. The highest BCUT2D eigenvalue weighted by molar-refractivity contribution is 5.99. The summed E-state index contributed by atoms with van der Waals surface area (Å²) in [7, 11) is 0. The summed E-state index contributed by atoms with van der Waals surface area (Å²) in [4.78, 5) is 158. The minimum Gasteiger partial charge on any atom is -0.488 e. The summed E-state index contributed by atoms with van der Waals surface area (Å²) in [5.74, 6) is -6.36. The summed E-state index contributed by atoms with van der Waals surface area (Å²) in [6.45, 7) is 20.5. The maximum atomic E-state index is 15.2. The van der Waals surface area contributed by atoms with E-state index in [2.05, 4.69) is 67.8 Å². The lowest BCUT2D eigenvalue weighted by molar-refractivity contribution is -0.142. The number of hydrogen-bond acceptors (Lipinski definition) is 14. The Morgan fingerprint density at radius 2 is 1.24 bits per heavy atom. The summed E-state index contributed by atoms with van der Waals surface area (Å²) in [6, 6.07) is 3.30. The fraction of sp³-hybridized carbons (Fsp3) is 0.582. The molecular weight excluding hydrogens is 1220 g/mol. The predicted octanol–water partition coefficient (Wildman–Crippen LogP) is 1.86. The highest BCUT2D eigenvalue weighted by Crippen LogP contribution is 2.24. The number of carbonyl (C=O) groups excluding carboxylic acids is 10. The summed E-state index contributed by atoms with van der Waals surface area (Å²) in [6.07, 6.45) is 6.18. The largest absolute Gasteiger partial charge is 0.488 e. The van der Waals surface area contributed by atoms with Crippen LogP contribution < -0.4 is 64.1 Å². The van der Waals surface area contributed by atoms with E-state index < -0.39 is 119 Å². The van der Waals surface area contributed by atoms with E-state index >= 15 is 14.4 Å². The number of aliphatic imine (C=N–C) groups is 1. The van der Waals surface area contributed by atoms with E-state index in [4.69, 9.17) is 20.9 Å².